The summed E-state index contributed by atoms with van der Waals surface area (Å²) in [6, 6.07) is 2.83. The van der Waals surface area contributed by atoms with Crippen molar-refractivity contribution in [2.45, 2.75) is 39.9 Å². The summed E-state index contributed by atoms with van der Waals surface area (Å²) >= 11 is 5.89. The Balaban J connectivity index is 2.02. The van der Waals surface area contributed by atoms with Crippen molar-refractivity contribution < 1.29 is 27.5 Å². The smallest absolute Gasteiger partial charge is 0.422 e. The molecule has 2 aromatic heterocycles. The second kappa shape index (κ2) is 9.84. The van der Waals surface area contributed by atoms with Gasteiger partial charge in [0.2, 0.25) is 5.88 Å². The van der Waals surface area contributed by atoms with Gasteiger partial charge in [-0.15, -0.1) is 0 Å². The zero-order valence-electron chi connectivity index (χ0n) is 16.5. The standard InChI is InChI=1S/C19H20ClF3N4O3/c1-10(2)15(28)6-16-26-11(3)4-14(27-16)17(29)24-7-12-5-13(20)18(25-8-12)30-9-19(21,22)23/h4-5,8,10H,6-7,9H2,1-3H3,(H,24,29). The molecule has 0 aromatic carbocycles. The number of Topliss-reactive ketones (excluding diaryl/α,β-unsaturated/α-hetero) is 1. The monoisotopic (exact) mass is 444 g/mol. The summed E-state index contributed by atoms with van der Waals surface area (Å²) in [6.07, 6.45) is -3.24. The van der Waals surface area contributed by atoms with Gasteiger partial charge in [0.15, 0.2) is 6.61 Å². The van der Waals surface area contributed by atoms with Crippen LogP contribution in [0.1, 0.15) is 41.4 Å². The highest BCUT2D eigenvalue weighted by Crippen LogP contribution is 2.25. The Hall–Kier alpha value is -2.75. The number of aryl methyl sites for hydroxylation is 1. The number of alkyl halides is 3. The van der Waals surface area contributed by atoms with E-state index < -0.39 is 18.7 Å². The number of rotatable bonds is 8. The predicted octanol–water partition coefficient (Wildman–Crippen LogP) is 3.47. The summed E-state index contributed by atoms with van der Waals surface area (Å²) in [5, 5.41) is 2.50. The van der Waals surface area contributed by atoms with E-state index >= 15 is 0 Å². The molecule has 0 fully saturated rings. The van der Waals surface area contributed by atoms with Crippen molar-refractivity contribution in [3.05, 3.63) is 46.1 Å². The average molecular weight is 445 g/mol. The second-order valence-corrected chi connectivity index (χ2v) is 7.23. The number of nitrogens with zero attached hydrogens (tertiary/aromatic N) is 3. The molecular weight excluding hydrogens is 425 g/mol. The lowest BCUT2D eigenvalue weighted by atomic mass is 10.1. The summed E-state index contributed by atoms with van der Waals surface area (Å²) in [5.41, 5.74) is 1.09. The summed E-state index contributed by atoms with van der Waals surface area (Å²) < 4.78 is 41.2. The molecule has 0 bridgehead atoms. The zero-order chi connectivity index (χ0) is 22.5. The van der Waals surface area contributed by atoms with Crippen LogP contribution in [0.15, 0.2) is 18.3 Å². The van der Waals surface area contributed by atoms with Crippen LogP contribution in [0.5, 0.6) is 5.88 Å². The molecule has 1 amide bonds. The topological polar surface area (TPSA) is 94.1 Å². The summed E-state index contributed by atoms with van der Waals surface area (Å²) in [5.74, 6) is -0.816. The number of carbonyl (C=O) groups excluding carboxylic acids is 2. The molecule has 0 atom stereocenters. The van der Waals surface area contributed by atoms with E-state index in [-0.39, 0.29) is 47.1 Å². The van der Waals surface area contributed by atoms with E-state index in [4.69, 9.17) is 11.6 Å². The van der Waals surface area contributed by atoms with E-state index in [2.05, 4.69) is 25.0 Å². The van der Waals surface area contributed by atoms with E-state index in [1.165, 1.54) is 18.3 Å². The van der Waals surface area contributed by atoms with Gasteiger partial charge in [-0.2, -0.15) is 13.2 Å². The maximum Gasteiger partial charge on any atom is 0.422 e. The highest BCUT2D eigenvalue weighted by Gasteiger charge is 2.29. The number of ketones is 1. The van der Waals surface area contributed by atoms with Gasteiger partial charge in [0.1, 0.15) is 22.3 Å². The van der Waals surface area contributed by atoms with E-state index in [0.29, 0.717) is 11.3 Å². The van der Waals surface area contributed by atoms with Crippen LogP contribution in [0.2, 0.25) is 5.02 Å². The molecule has 2 heterocycles. The predicted molar refractivity (Wildman–Crippen MR) is 102 cm³/mol. The number of ether oxygens (including phenoxy) is 1. The molecule has 0 radical (unpaired) electrons. The minimum Gasteiger partial charge on any atom is -0.467 e. The molecule has 162 valence electrons. The molecule has 0 aliphatic rings. The lowest BCUT2D eigenvalue weighted by Gasteiger charge is -2.11. The number of amides is 1. The SMILES string of the molecule is Cc1cc(C(=O)NCc2cnc(OCC(F)(F)F)c(Cl)c2)nc(CC(=O)C(C)C)n1. The summed E-state index contributed by atoms with van der Waals surface area (Å²) in [4.78, 5) is 36.4. The van der Waals surface area contributed by atoms with Gasteiger partial charge < -0.3 is 10.1 Å². The minimum atomic E-state index is -4.51. The van der Waals surface area contributed by atoms with E-state index in [1.54, 1.807) is 20.8 Å². The van der Waals surface area contributed by atoms with Crippen LogP contribution < -0.4 is 10.1 Å². The van der Waals surface area contributed by atoms with Gasteiger partial charge in [-0.05, 0) is 24.6 Å². The molecule has 0 spiro atoms. The Kier molecular flexibility index (Phi) is 7.71. The number of hydrogen-bond acceptors (Lipinski definition) is 6. The first-order valence-electron chi connectivity index (χ1n) is 8.94. The first-order valence-corrected chi connectivity index (χ1v) is 9.32. The van der Waals surface area contributed by atoms with E-state index in [1.807, 2.05) is 0 Å². The molecule has 0 aliphatic heterocycles. The zero-order valence-corrected chi connectivity index (χ0v) is 17.3. The van der Waals surface area contributed by atoms with Crippen LogP contribution in [-0.4, -0.2) is 39.4 Å². The first kappa shape index (κ1) is 23.5. The van der Waals surface area contributed by atoms with Crippen LogP contribution in [0.4, 0.5) is 13.2 Å². The lowest BCUT2D eigenvalue weighted by molar-refractivity contribution is -0.154. The molecule has 11 heteroatoms. The van der Waals surface area contributed by atoms with Gasteiger partial charge in [-0.1, -0.05) is 25.4 Å². The van der Waals surface area contributed by atoms with Crippen molar-refractivity contribution in [1.29, 1.82) is 0 Å². The van der Waals surface area contributed by atoms with Crippen molar-refractivity contribution >= 4 is 23.3 Å². The van der Waals surface area contributed by atoms with E-state index in [9.17, 15) is 22.8 Å². The number of hydrogen-bond donors (Lipinski definition) is 1. The molecule has 0 saturated heterocycles. The molecule has 0 unspecified atom stereocenters. The van der Waals surface area contributed by atoms with Gasteiger partial charge in [-0.3, -0.25) is 9.59 Å². The van der Waals surface area contributed by atoms with Gasteiger partial charge in [0.05, 0.1) is 6.42 Å². The maximum absolute atomic E-state index is 12.4. The van der Waals surface area contributed by atoms with Crippen LogP contribution >= 0.6 is 11.6 Å². The number of nitrogens with one attached hydrogen (secondary N) is 1. The quantitative estimate of drug-likeness (QED) is 0.670. The molecule has 2 rings (SSSR count). The van der Waals surface area contributed by atoms with E-state index in [0.717, 1.165) is 0 Å². The number of carbonyl (C=O) groups is 2. The largest absolute Gasteiger partial charge is 0.467 e. The van der Waals surface area contributed by atoms with Crippen LogP contribution in [0, 0.1) is 12.8 Å². The van der Waals surface area contributed by atoms with Gasteiger partial charge in [0.25, 0.3) is 5.91 Å². The third kappa shape index (κ3) is 7.25. The fraction of sp³-hybridized carbons (Fsp3) is 0.421. The molecule has 2 aromatic rings. The highest BCUT2D eigenvalue weighted by molar-refractivity contribution is 6.31. The molecule has 1 N–H and O–H groups in total. The first-order chi connectivity index (χ1) is 13.9. The Labute approximate surface area is 176 Å². The Morgan fingerprint density at radius 3 is 2.53 bits per heavy atom. The molecular formula is C19H20ClF3N4O3. The summed E-state index contributed by atoms with van der Waals surface area (Å²) in [7, 11) is 0. The molecule has 0 aliphatic carbocycles. The normalized spacial score (nSPS) is 11.5. The summed E-state index contributed by atoms with van der Waals surface area (Å²) in [6.45, 7) is 3.72. The fourth-order valence-electron chi connectivity index (χ4n) is 2.28. The second-order valence-electron chi connectivity index (χ2n) is 6.83. The average Bonchev–Trinajstić information content (AvgIpc) is 2.64. The number of pyridine rings is 1. The number of aromatic nitrogens is 3. The third-order valence-electron chi connectivity index (χ3n) is 3.80. The maximum atomic E-state index is 12.4. The van der Waals surface area contributed by atoms with Crippen molar-refractivity contribution in [2.75, 3.05) is 6.61 Å². The fourth-order valence-corrected chi connectivity index (χ4v) is 2.52. The highest BCUT2D eigenvalue weighted by atomic mass is 35.5. The minimum absolute atomic E-state index is 0.00835. The number of halogens is 4. The Bertz CT molecular complexity index is 936. The molecule has 30 heavy (non-hydrogen) atoms. The Morgan fingerprint density at radius 1 is 1.23 bits per heavy atom. The van der Waals surface area contributed by atoms with Gasteiger partial charge >= 0.3 is 6.18 Å². The third-order valence-corrected chi connectivity index (χ3v) is 4.07. The van der Waals surface area contributed by atoms with Crippen molar-refractivity contribution in [3.8, 4) is 5.88 Å². The van der Waals surface area contributed by atoms with Crippen molar-refractivity contribution in [2.24, 2.45) is 5.92 Å². The Morgan fingerprint density at radius 2 is 1.93 bits per heavy atom. The van der Waals surface area contributed by atoms with Crippen molar-refractivity contribution in [3.63, 3.8) is 0 Å². The van der Waals surface area contributed by atoms with Crippen LogP contribution in [0.25, 0.3) is 0 Å². The van der Waals surface area contributed by atoms with Gasteiger partial charge in [0, 0.05) is 24.4 Å². The van der Waals surface area contributed by atoms with Crippen molar-refractivity contribution in [1.82, 2.24) is 20.3 Å². The van der Waals surface area contributed by atoms with Crippen LogP contribution in [-0.2, 0) is 17.8 Å². The van der Waals surface area contributed by atoms with Crippen LogP contribution in [0.3, 0.4) is 0 Å². The molecule has 7 nitrogen and oxygen atoms in total. The van der Waals surface area contributed by atoms with Gasteiger partial charge in [-0.25, -0.2) is 15.0 Å². The lowest BCUT2D eigenvalue weighted by Crippen LogP contribution is -2.25. The molecule has 0 saturated carbocycles.